The molecule has 0 aromatic heterocycles. The maximum Gasteiger partial charge on any atom is 0.123 e. The van der Waals surface area contributed by atoms with Crippen LogP contribution in [0.5, 0.6) is 0 Å². The SMILES string of the molecule is CNC(CCCc1cccc(F)c1)c1ccccc1. The average molecular weight is 257 g/mol. The molecule has 1 unspecified atom stereocenters. The fraction of sp³-hybridized carbons (Fsp3) is 0.294. The van der Waals surface area contributed by atoms with Gasteiger partial charge in [-0.15, -0.1) is 0 Å². The molecule has 2 aromatic carbocycles. The number of rotatable bonds is 6. The molecule has 0 aliphatic heterocycles. The van der Waals surface area contributed by atoms with Crippen LogP contribution < -0.4 is 5.32 Å². The van der Waals surface area contributed by atoms with E-state index in [1.54, 1.807) is 12.1 Å². The summed E-state index contributed by atoms with van der Waals surface area (Å²) in [5, 5.41) is 3.34. The topological polar surface area (TPSA) is 12.0 Å². The van der Waals surface area contributed by atoms with E-state index in [1.165, 1.54) is 11.6 Å². The molecule has 2 aromatic rings. The summed E-state index contributed by atoms with van der Waals surface area (Å²) in [5.74, 6) is -0.147. The minimum absolute atomic E-state index is 0.147. The van der Waals surface area contributed by atoms with Crippen molar-refractivity contribution in [3.63, 3.8) is 0 Å². The maximum atomic E-state index is 13.1. The first-order valence-electron chi connectivity index (χ1n) is 6.76. The second kappa shape index (κ2) is 7.05. The van der Waals surface area contributed by atoms with Crippen molar-refractivity contribution in [3.8, 4) is 0 Å². The maximum absolute atomic E-state index is 13.1. The second-order valence-electron chi connectivity index (χ2n) is 4.77. The molecule has 1 nitrogen and oxygen atoms in total. The third kappa shape index (κ3) is 4.18. The van der Waals surface area contributed by atoms with Crippen LogP contribution in [0.4, 0.5) is 4.39 Å². The summed E-state index contributed by atoms with van der Waals surface area (Å²) in [6, 6.07) is 17.7. The molecule has 0 amide bonds. The van der Waals surface area contributed by atoms with Crippen molar-refractivity contribution in [2.75, 3.05) is 7.05 Å². The van der Waals surface area contributed by atoms with E-state index < -0.39 is 0 Å². The second-order valence-corrected chi connectivity index (χ2v) is 4.77. The van der Waals surface area contributed by atoms with E-state index in [0.29, 0.717) is 6.04 Å². The third-order valence-electron chi connectivity index (χ3n) is 3.40. The minimum Gasteiger partial charge on any atom is -0.313 e. The van der Waals surface area contributed by atoms with Crippen molar-refractivity contribution in [1.82, 2.24) is 5.32 Å². The zero-order chi connectivity index (χ0) is 13.5. The zero-order valence-electron chi connectivity index (χ0n) is 11.3. The zero-order valence-corrected chi connectivity index (χ0v) is 11.3. The molecular formula is C17H20FN. The van der Waals surface area contributed by atoms with Gasteiger partial charge in [0.05, 0.1) is 0 Å². The monoisotopic (exact) mass is 257 g/mol. The lowest BCUT2D eigenvalue weighted by molar-refractivity contribution is 0.526. The Morgan fingerprint density at radius 1 is 1.05 bits per heavy atom. The largest absolute Gasteiger partial charge is 0.313 e. The number of halogens is 1. The van der Waals surface area contributed by atoms with Gasteiger partial charge in [-0.25, -0.2) is 4.39 Å². The highest BCUT2D eigenvalue weighted by atomic mass is 19.1. The van der Waals surface area contributed by atoms with Gasteiger partial charge in [0.25, 0.3) is 0 Å². The molecule has 100 valence electrons. The van der Waals surface area contributed by atoms with Crippen molar-refractivity contribution in [1.29, 1.82) is 0 Å². The lowest BCUT2D eigenvalue weighted by Crippen LogP contribution is -2.16. The molecule has 0 fully saturated rings. The molecule has 0 saturated carbocycles. The van der Waals surface area contributed by atoms with Crippen LogP contribution in [-0.2, 0) is 6.42 Å². The van der Waals surface area contributed by atoms with Crippen LogP contribution in [0.25, 0.3) is 0 Å². The molecule has 19 heavy (non-hydrogen) atoms. The predicted molar refractivity (Wildman–Crippen MR) is 77.6 cm³/mol. The summed E-state index contributed by atoms with van der Waals surface area (Å²) in [4.78, 5) is 0. The molecule has 0 saturated heterocycles. The van der Waals surface area contributed by atoms with Crippen LogP contribution in [0.15, 0.2) is 54.6 Å². The van der Waals surface area contributed by atoms with Crippen molar-refractivity contribution < 1.29 is 4.39 Å². The first-order valence-corrected chi connectivity index (χ1v) is 6.76. The summed E-state index contributed by atoms with van der Waals surface area (Å²) < 4.78 is 13.1. The molecule has 0 aliphatic rings. The Morgan fingerprint density at radius 3 is 2.53 bits per heavy atom. The highest BCUT2D eigenvalue weighted by Crippen LogP contribution is 2.19. The first-order chi connectivity index (χ1) is 9.29. The van der Waals surface area contributed by atoms with Crippen LogP contribution in [0, 0.1) is 5.82 Å². The van der Waals surface area contributed by atoms with E-state index in [4.69, 9.17) is 0 Å². The Morgan fingerprint density at radius 2 is 1.84 bits per heavy atom. The van der Waals surface area contributed by atoms with Gasteiger partial charge in [0, 0.05) is 6.04 Å². The van der Waals surface area contributed by atoms with Crippen LogP contribution in [0.1, 0.15) is 30.0 Å². The summed E-state index contributed by atoms with van der Waals surface area (Å²) in [6.45, 7) is 0. The Balaban J connectivity index is 1.87. The summed E-state index contributed by atoms with van der Waals surface area (Å²) >= 11 is 0. The van der Waals surface area contributed by atoms with Gasteiger partial charge < -0.3 is 5.32 Å². The van der Waals surface area contributed by atoms with Crippen LogP contribution in [-0.4, -0.2) is 7.05 Å². The minimum atomic E-state index is -0.147. The molecule has 0 aliphatic carbocycles. The van der Waals surface area contributed by atoms with Crippen molar-refractivity contribution >= 4 is 0 Å². The number of benzene rings is 2. The van der Waals surface area contributed by atoms with Gasteiger partial charge in [0.15, 0.2) is 0 Å². The van der Waals surface area contributed by atoms with Crippen LogP contribution in [0.2, 0.25) is 0 Å². The Bertz CT molecular complexity index is 496. The number of hydrogen-bond donors (Lipinski definition) is 1. The van der Waals surface area contributed by atoms with Crippen LogP contribution >= 0.6 is 0 Å². The Hall–Kier alpha value is -1.67. The molecule has 0 radical (unpaired) electrons. The highest BCUT2D eigenvalue weighted by molar-refractivity contribution is 5.19. The van der Waals surface area contributed by atoms with Crippen molar-refractivity contribution in [3.05, 3.63) is 71.5 Å². The number of hydrogen-bond acceptors (Lipinski definition) is 1. The molecule has 1 N–H and O–H groups in total. The first kappa shape index (κ1) is 13.8. The van der Waals surface area contributed by atoms with Crippen molar-refractivity contribution in [2.45, 2.75) is 25.3 Å². The molecule has 2 heteroatoms. The smallest absolute Gasteiger partial charge is 0.123 e. The van der Waals surface area contributed by atoms with Crippen LogP contribution in [0.3, 0.4) is 0 Å². The van der Waals surface area contributed by atoms with Gasteiger partial charge in [-0.1, -0.05) is 42.5 Å². The van der Waals surface area contributed by atoms with Gasteiger partial charge in [-0.3, -0.25) is 0 Å². The van der Waals surface area contributed by atoms with Gasteiger partial charge in [0.2, 0.25) is 0 Å². The van der Waals surface area contributed by atoms with Gasteiger partial charge >= 0.3 is 0 Å². The summed E-state index contributed by atoms with van der Waals surface area (Å²) in [6.07, 6.45) is 3.02. The van der Waals surface area contributed by atoms with Crippen molar-refractivity contribution in [2.24, 2.45) is 0 Å². The van der Waals surface area contributed by atoms with E-state index in [0.717, 1.165) is 24.8 Å². The Labute approximate surface area is 114 Å². The number of nitrogens with one attached hydrogen (secondary N) is 1. The lowest BCUT2D eigenvalue weighted by atomic mass is 9.99. The average Bonchev–Trinajstić information content (AvgIpc) is 2.45. The third-order valence-corrected chi connectivity index (χ3v) is 3.40. The fourth-order valence-electron chi connectivity index (χ4n) is 2.37. The summed E-state index contributed by atoms with van der Waals surface area (Å²) in [5.41, 5.74) is 2.38. The highest BCUT2D eigenvalue weighted by Gasteiger charge is 2.08. The lowest BCUT2D eigenvalue weighted by Gasteiger charge is -2.16. The fourth-order valence-corrected chi connectivity index (χ4v) is 2.37. The number of aryl methyl sites for hydroxylation is 1. The standard InChI is InChI=1S/C17H20FN/c1-19-17(15-9-3-2-4-10-15)12-6-8-14-7-5-11-16(18)13-14/h2-5,7,9-11,13,17,19H,6,8,12H2,1H3. The van der Waals surface area contributed by atoms with Gasteiger partial charge in [0.1, 0.15) is 5.82 Å². The molecule has 2 rings (SSSR count). The summed E-state index contributed by atoms with van der Waals surface area (Å²) in [7, 11) is 1.99. The normalized spacial score (nSPS) is 12.3. The van der Waals surface area contributed by atoms with Gasteiger partial charge in [-0.05, 0) is 49.6 Å². The molecular weight excluding hydrogens is 237 g/mol. The quantitative estimate of drug-likeness (QED) is 0.821. The van der Waals surface area contributed by atoms with Gasteiger partial charge in [-0.2, -0.15) is 0 Å². The molecule has 0 heterocycles. The van der Waals surface area contributed by atoms with E-state index in [1.807, 2.05) is 19.2 Å². The van der Waals surface area contributed by atoms with E-state index >= 15 is 0 Å². The Kier molecular flexibility index (Phi) is 5.10. The molecule has 1 atom stereocenters. The van der Waals surface area contributed by atoms with E-state index in [-0.39, 0.29) is 5.82 Å². The molecule has 0 bridgehead atoms. The van der Waals surface area contributed by atoms with E-state index in [9.17, 15) is 4.39 Å². The van der Waals surface area contributed by atoms with E-state index in [2.05, 4.69) is 29.6 Å². The molecule has 0 spiro atoms. The predicted octanol–water partition coefficient (Wildman–Crippen LogP) is 4.11.